The van der Waals surface area contributed by atoms with Crippen LogP contribution in [0.2, 0.25) is 0 Å². The van der Waals surface area contributed by atoms with Gasteiger partial charge in [0.2, 0.25) is 0 Å². The molecule has 1 unspecified atom stereocenters. The van der Waals surface area contributed by atoms with Crippen molar-refractivity contribution in [3.8, 4) is 11.5 Å². The van der Waals surface area contributed by atoms with E-state index in [1.54, 1.807) is 0 Å². The van der Waals surface area contributed by atoms with Crippen LogP contribution in [0.4, 0.5) is 0 Å². The monoisotopic (exact) mass is 285 g/mol. The first-order valence-electron chi connectivity index (χ1n) is 7.33. The third kappa shape index (κ3) is 3.99. The van der Waals surface area contributed by atoms with Gasteiger partial charge in [-0.3, -0.25) is 0 Å². The lowest BCUT2D eigenvalue weighted by Crippen LogP contribution is -2.24. The molecule has 21 heavy (non-hydrogen) atoms. The van der Waals surface area contributed by atoms with Gasteiger partial charge in [0.05, 0.1) is 12.6 Å². The lowest BCUT2D eigenvalue weighted by molar-refractivity contribution is 0.264. The van der Waals surface area contributed by atoms with Crippen LogP contribution < -0.4 is 14.8 Å². The second kappa shape index (κ2) is 7.70. The van der Waals surface area contributed by atoms with Crippen molar-refractivity contribution >= 4 is 0 Å². The molecule has 2 rings (SSSR count). The number of nitrogens with one attached hydrogen (secondary N) is 1. The summed E-state index contributed by atoms with van der Waals surface area (Å²) >= 11 is 0. The van der Waals surface area contributed by atoms with Crippen LogP contribution in [0.15, 0.2) is 48.5 Å². The molecule has 0 amide bonds. The van der Waals surface area contributed by atoms with Gasteiger partial charge in [0.15, 0.2) is 0 Å². The van der Waals surface area contributed by atoms with Gasteiger partial charge < -0.3 is 14.8 Å². The molecule has 2 aromatic rings. The van der Waals surface area contributed by atoms with Crippen LogP contribution in [0.1, 0.15) is 24.1 Å². The average Bonchev–Trinajstić information content (AvgIpc) is 2.51. The number of ether oxygens (including phenoxy) is 2. The minimum absolute atomic E-state index is 0.0901. The Morgan fingerprint density at radius 1 is 0.952 bits per heavy atom. The number of benzene rings is 2. The van der Waals surface area contributed by atoms with E-state index in [9.17, 15) is 0 Å². The van der Waals surface area contributed by atoms with Crippen molar-refractivity contribution in [1.82, 2.24) is 5.32 Å². The van der Waals surface area contributed by atoms with E-state index < -0.39 is 0 Å². The van der Waals surface area contributed by atoms with Gasteiger partial charge in [-0.05, 0) is 38.6 Å². The Balaban J connectivity index is 2.12. The highest BCUT2D eigenvalue weighted by atomic mass is 16.5. The van der Waals surface area contributed by atoms with Gasteiger partial charge in [-0.15, -0.1) is 0 Å². The number of rotatable bonds is 7. The molecule has 0 saturated heterocycles. The van der Waals surface area contributed by atoms with E-state index in [-0.39, 0.29) is 6.04 Å². The summed E-state index contributed by atoms with van der Waals surface area (Å²) in [4.78, 5) is 0. The third-order valence-corrected chi connectivity index (χ3v) is 3.44. The molecule has 0 saturated carbocycles. The van der Waals surface area contributed by atoms with E-state index >= 15 is 0 Å². The van der Waals surface area contributed by atoms with Gasteiger partial charge in [-0.1, -0.05) is 36.4 Å². The molecule has 0 aromatic heterocycles. The fraction of sp³-hybridized carbons (Fsp3) is 0.333. The normalized spacial score (nSPS) is 12.0. The Hall–Kier alpha value is -2.00. The number of para-hydroxylation sites is 2. The summed E-state index contributed by atoms with van der Waals surface area (Å²) < 4.78 is 11.7. The molecular weight excluding hydrogens is 262 g/mol. The Kier molecular flexibility index (Phi) is 5.64. The first-order chi connectivity index (χ1) is 10.3. The van der Waals surface area contributed by atoms with Gasteiger partial charge in [-0.25, -0.2) is 0 Å². The predicted octanol–water partition coefficient (Wildman–Crippen LogP) is 3.73. The first kappa shape index (κ1) is 15.4. The van der Waals surface area contributed by atoms with Crippen LogP contribution >= 0.6 is 0 Å². The van der Waals surface area contributed by atoms with E-state index in [1.165, 1.54) is 0 Å². The molecule has 1 N–H and O–H groups in total. The van der Waals surface area contributed by atoms with Crippen molar-refractivity contribution in [1.29, 1.82) is 0 Å². The lowest BCUT2D eigenvalue weighted by atomic mass is 10.1. The highest BCUT2D eigenvalue weighted by Gasteiger charge is 2.15. The van der Waals surface area contributed by atoms with Crippen LogP contribution in [-0.4, -0.2) is 20.3 Å². The maximum absolute atomic E-state index is 5.96. The Morgan fingerprint density at radius 3 is 2.29 bits per heavy atom. The van der Waals surface area contributed by atoms with Gasteiger partial charge in [-0.2, -0.15) is 0 Å². The van der Waals surface area contributed by atoms with E-state index in [2.05, 4.69) is 24.4 Å². The van der Waals surface area contributed by atoms with Gasteiger partial charge >= 0.3 is 0 Å². The summed E-state index contributed by atoms with van der Waals surface area (Å²) in [6.07, 6.45) is 0. The Morgan fingerprint density at radius 2 is 1.62 bits per heavy atom. The zero-order valence-electron chi connectivity index (χ0n) is 12.9. The summed E-state index contributed by atoms with van der Waals surface area (Å²) in [6.45, 7) is 5.27. The molecule has 0 radical (unpaired) electrons. The number of likely N-dealkylation sites (N-methyl/N-ethyl adjacent to an activating group) is 1. The van der Waals surface area contributed by atoms with Crippen molar-refractivity contribution in [2.45, 2.75) is 19.9 Å². The highest BCUT2D eigenvalue weighted by Crippen LogP contribution is 2.26. The first-order valence-corrected chi connectivity index (χ1v) is 7.33. The lowest BCUT2D eigenvalue weighted by Gasteiger charge is -2.21. The molecule has 0 aliphatic rings. The van der Waals surface area contributed by atoms with Gasteiger partial charge in [0, 0.05) is 5.56 Å². The van der Waals surface area contributed by atoms with Crippen molar-refractivity contribution in [3.05, 3.63) is 59.7 Å². The number of hydrogen-bond acceptors (Lipinski definition) is 3. The number of aryl methyl sites for hydroxylation is 1. The minimum Gasteiger partial charge on any atom is -0.494 e. The van der Waals surface area contributed by atoms with Crippen LogP contribution in [0, 0.1) is 6.92 Å². The largest absolute Gasteiger partial charge is 0.494 e. The molecular formula is C18H23NO2. The Labute approximate surface area is 126 Å². The number of hydrogen-bond donors (Lipinski definition) is 1. The fourth-order valence-corrected chi connectivity index (χ4v) is 2.28. The quantitative estimate of drug-likeness (QED) is 0.840. The molecule has 0 aliphatic carbocycles. The van der Waals surface area contributed by atoms with Crippen LogP contribution in [-0.2, 0) is 0 Å². The zero-order chi connectivity index (χ0) is 15.1. The van der Waals surface area contributed by atoms with E-state index in [0.29, 0.717) is 13.2 Å². The minimum atomic E-state index is 0.0901. The SMILES string of the molecule is CCOc1ccccc1C(COc1ccccc1C)NC. The third-order valence-electron chi connectivity index (χ3n) is 3.44. The van der Waals surface area contributed by atoms with Crippen molar-refractivity contribution in [2.75, 3.05) is 20.3 Å². The molecule has 0 bridgehead atoms. The summed E-state index contributed by atoms with van der Waals surface area (Å²) in [6, 6.07) is 16.2. The molecule has 0 spiro atoms. The van der Waals surface area contributed by atoms with Crippen molar-refractivity contribution in [2.24, 2.45) is 0 Å². The maximum Gasteiger partial charge on any atom is 0.124 e. The maximum atomic E-state index is 5.96. The fourth-order valence-electron chi connectivity index (χ4n) is 2.28. The smallest absolute Gasteiger partial charge is 0.124 e. The Bertz CT molecular complexity index is 569. The summed E-state index contributed by atoms with van der Waals surface area (Å²) in [7, 11) is 1.94. The summed E-state index contributed by atoms with van der Waals surface area (Å²) in [5.41, 5.74) is 2.26. The average molecular weight is 285 g/mol. The van der Waals surface area contributed by atoms with E-state index in [0.717, 1.165) is 22.6 Å². The molecule has 0 heterocycles. The van der Waals surface area contributed by atoms with Crippen molar-refractivity contribution < 1.29 is 9.47 Å². The summed E-state index contributed by atoms with van der Waals surface area (Å²) in [5, 5.41) is 3.30. The van der Waals surface area contributed by atoms with Gasteiger partial charge in [0.1, 0.15) is 18.1 Å². The van der Waals surface area contributed by atoms with Crippen LogP contribution in [0.3, 0.4) is 0 Å². The standard InChI is InChI=1S/C18H23NO2/c1-4-20-18-12-8-6-10-15(18)16(19-3)13-21-17-11-7-5-9-14(17)2/h5-12,16,19H,4,13H2,1-3H3. The predicted molar refractivity (Wildman–Crippen MR) is 86.1 cm³/mol. The van der Waals surface area contributed by atoms with E-state index in [4.69, 9.17) is 9.47 Å². The van der Waals surface area contributed by atoms with E-state index in [1.807, 2.05) is 50.4 Å². The second-order valence-electron chi connectivity index (χ2n) is 4.89. The van der Waals surface area contributed by atoms with Crippen molar-refractivity contribution in [3.63, 3.8) is 0 Å². The zero-order valence-corrected chi connectivity index (χ0v) is 12.9. The molecule has 3 nitrogen and oxygen atoms in total. The molecule has 112 valence electrons. The molecule has 1 atom stereocenters. The highest BCUT2D eigenvalue weighted by molar-refractivity contribution is 5.37. The summed E-state index contributed by atoms with van der Waals surface area (Å²) in [5.74, 6) is 1.83. The molecule has 0 aliphatic heterocycles. The molecule has 0 fully saturated rings. The van der Waals surface area contributed by atoms with Crippen LogP contribution in [0.25, 0.3) is 0 Å². The van der Waals surface area contributed by atoms with Crippen LogP contribution in [0.5, 0.6) is 11.5 Å². The molecule has 3 heteroatoms. The topological polar surface area (TPSA) is 30.5 Å². The second-order valence-corrected chi connectivity index (χ2v) is 4.89. The molecule has 2 aromatic carbocycles. The van der Waals surface area contributed by atoms with Gasteiger partial charge in [0.25, 0.3) is 0 Å².